The van der Waals surface area contributed by atoms with Crippen molar-refractivity contribution in [3.05, 3.63) is 54.1 Å². The van der Waals surface area contributed by atoms with Crippen LogP contribution in [0.3, 0.4) is 0 Å². The number of benzene rings is 2. The monoisotopic (exact) mass is 281 g/mol. The van der Waals surface area contributed by atoms with Gasteiger partial charge in [-0.15, -0.1) is 0 Å². The standard InChI is InChI=1S/C16H15N3S/c1-11-7-9-12(10-8-11)17-15-13-5-3-4-6-14(13)18-16(19-15)20-2/h3-10H,1-2H3,(H,17,18,19). The lowest BCUT2D eigenvalue weighted by molar-refractivity contribution is 1.01. The number of anilines is 2. The summed E-state index contributed by atoms with van der Waals surface area (Å²) in [7, 11) is 0. The lowest BCUT2D eigenvalue weighted by atomic mass is 10.2. The zero-order chi connectivity index (χ0) is 13.9. The van der Waals surface area contributed by atoms with Gasteiger partial charge in [0.1, 0.15) is 5.82 Å². The molecule has 2 aromatic carbocycles. The number of rotatable bonds is 3. The Hall–Kier alpha value is -2.07. The van der Waals surface area contributed by atoms with E-state index in [-0.39, 0.29) is 0 Å². The first-order chi connectivity index (χ1) is 9.76. The lowest BCUT2D eigenvalue weighted by Gasteiger charge is -2.10. The van der Waals surface area contributed by atoms with Crippen LogP contribution in [0.4, 0.5) is 11.5 Å². The van der Waals surface area contributed by atoms with Crippen LogP contribution >= 0.6 is 11.8 Å². The van der Waals surface area contributed by atoms with Gasteiger partial charge in [-0.05, 0) is 37.4 Å². The summed E-state index contributed by atoms with van der Waals surface area (Å²) in [4.78, 5) is 9.10. The average Bonchev–Trinajstić information content (AvgIpc) is 2.49. The second-order valence-electron chi connectivity index (χ2n) is 4.57. The minimum absolute atomic E-state index is 0.776. The predicted octanol–water partition coefficient (Wildman–Crippen LogP) is 4.40. The first kappa shape index (κ1) is 12.9. The van der Waals surface area contributed by atoms with Crippen molar-refractivity contribution < 1.29 is 0 Å². The highest BCUT2D eigenvalue weighted by Gasteiger charge is 2.07. The van der Waals surface area contributed by atoms with Gasteiger partial charge in [0.2, 0.25) is 0 Å². The molecule has 1 heterocycles. The number of nitrogens with zero attached hydrogens (tertiary/aromatic N) is 2. The Labute approximate surface area is 122 Å². The minimum atomic E-state index is 0.776. The van der Waals surface area contributed by atoms with Crippen molar-refractivity contribution >= 4 is 34.2 Å². The Balaban J connectivity index is 2.07. The fourth-order valence-corrected chi connectivity index (χ4v) is 2.39. The topological polar surface area (TPSA) is 37.8 Å². The van der Waals surface area contributed by atoms with Gasteiger partial charge in [0.05, 0.1) is 5.52 Å². The normalized spacial score (nSPS) is 10.7. The minimum Gasteiger partial charge on any atom is -0.340 e. The number of hydrogen-bond donors (Lipinski definition) is 1. The summed E-state index contributed by atoms with van der Waals surface area (Å²) in [5.74, 6) is 0.851. The van der Waals surface area contributed by atoms with Gasteiger partial charge in [-0.3, -0.25) is 0 Å². The molecule has 1 aromatic heterocycles. The van der Waals surface area contributed by atoms with E-state index in [4.69, 9.17) is 0 Å². The number of aryl methyl sites for hydroxylation is 1. The number of thioether (sulfide) groups is 1. The zero-order valence-corrected chi connectivity index (χ0v) is 12.2. The van der Waals surface area contributed by atoms with Gasteiger partial charge in [-0.1, -0.05) is 41.6 Å². The zero-order valence-electron chi connectivity index (χ0n) is 11.4. The molecule has 0 aliphatic heterocycles. The smallest absolute Gasteiger partial charge is 0.189 e. The molecule has 3 rings (SSSR count). The van der Waals surface area contributed by atoms with Gasteiger partial charge < -0.3 is 5.32 Å². The van der Waals surface area contributed by atoms with Crippen LogP contribution in [0, 0.1) is 6.92 Å². The maximum atomic E-state index is 4.58. The van der Waals surface area contributed by atoms with Gasteiger partial charge in [0.25, 0.3) is 0 Å². The lowest BCUT2D eigenvalue weighted by Crippen LogP contribution is -1.98. The Morgan fingerprint density at radius 3 is 2.45 bits per heavy atom. The van der Waals surface area contributed by atoms with Crippen molar-refractivity contribution in [2.24, 2.45) is 0 Å². The first-order valence-corrected chi connectivity index (χ1v) is 7.63. The van der Waals surface area contributed by atoms with Crippen molar-refractivity contribution in [1.29, 1.82) is 0 Å². The molecule has 0 aliphatic carbocycles. The third-order valence-electron chi connectivity index (χ3n) is 3.08. The maximum Gasteiger partial charge on any atom is 0.189 e. The Bertz CT molecular complexity index is 738. The van der Waals surface area contributed by atoms with E-state index < -0.39 is 0 Å². The summed E-state index contributed by atoms with van der Waals surface area (Å²) in [5.41, 5.74) is 3.24. The molecule has 0 aliphatic rings. The first-order valence-electron chi connectivity index (χ1n) is 6.41. The third-order valence-corrected chi connectivity index (χ3v) is 3.63. The SMILES string of the molecule is CSc1nc(Nc2ccc(C)cc2)c2ccccc2n1. The highest BCUT2D eigenvalue weighted by atomic mass is 32.2. The molecule has 0 spiro atoms. The molecule has 0 amide bonds. The highest BCUT2D eigenvalue weighted by Crippen LogP contribution is 2.26. The van der Waals surface area contributed by atoms with Crippen LogP contribution in [0.5, 0.6) is 0 Å². The summed E-state index contributed by atoms with van der Waals surface area (Å²) < 4.78 is 0. The van der Waals surface area contributed by atoms with E-state index >= 15 is 0 Å². The van der Waals surface area contributed by atoms with Crippen LogP contribution in [0.15, 0.2) is 53.7 Å². The van der Waals surface area contributed by atoms with Crippen LogP contribution in [-0.4, -0.2) is 16.2 Å². The fraction of sp³-hybridized carbons (Fsp3) is 0.125. The quantitative estimate of drug-likeness (QED) is 0.570. The van der Waals surface area contributed by atoms with E-state index in [9.17, 15) is 0 Å². The van der Waals surface area contributed by atoms with Crippen molar-refractivity contribution in [3.63, 3.8) is 0 Å². The maximum absolute atomic E-state index is 4.58. The second-order valence-corrected chi connectivity index (χ2v) is 5.34. The predicted molar refractivity (Wildman–Crippen MR) is 85.8 cm³/mol. The fourth-order valence-electron chi connectivity index (χ4n) is 2.02. The molecular formula is C16H15N3S. The van der Waals surface area contributed by atoms with Crippen molar-refractivity contribution in [1.82, 2.24) is 9.97 Å². The van der Waals surface area contributed by atoms with E-state index in [1.165, 1.54) is 5.56 Å². The van der Waals surface area contributed by atoms with Gasteiger partial charge in [-0.2, -0.15) is 0 Å². The van der Waals surface area contributed by atoms with Gasteiger partial charge in [0.15, 0.2) is 5.16 Å². The molecule has 0 bridgehead atoms. The Morgan fingerprint density at radius 2 is 1.70 bits per heavy atom. The summed E-state index contributed by atoms with van der Waals surface area (Å²) in [6, 6.07) is 16.3. The molecule has 3 nitrogen and oxygen atoms in total. The van der Waals surface area contributed by atoms with Crippen LogP contribution in [0.2, 0.25) is 0 Å². The molecule has 3 aromatic rings. The summed E-state index contributed by atoms with van der Waals surface area (Å²) >= 11 is 1.55. The third kappa shape index (κ3) is 2.60. The number of aromatic nitrogens is 2. The largest absolute Gasteiger partial charge is 0.340 e. The van der Waals surface area contributed by atoms with Gasteiger partial charge in [-0.25, -0.2) is 9.97 Å². The molecule has 1 N–H and O–H groups in total. The van der Waals surface area contributed by atoms with Crippen LogP contribution < -0.4 is 5.32 Å². The Morgan fingerprint density at radius 1 is 0.950 bits per heavy atom. The molecule has 100 valence electrons. The van der Waals surface area contributed by atoms with E-state index in [1.807, 2.05) is 30.5 Å². The summed E-state index contributed by atoms with van der Waals surface area (Å²) in [6.07, 6.45) is 1.99. The van der Waals surface area contributed by atoms with Crippen molar-refractivity contribution in [2.75, 3.05) is 11.6 Å². The van der Waals surface area contributed by atoms with E-state index in [1.54, 1.807) is 11.8 Å². The van der Waals surface area contributed by atoms with E-state index in [0.29, 0.717) is 0 Å². The summed E-state index contributed by atoms with van der Waals surface area (Å²) in [6.45, 7) is 2.08. The van der Waals surface area contributed by atoms with E-state index in [2.05, 4.69) is 46.5 Å². The highest BCUT2D eigenvalue weighted by molar-refractivity contribution is 7.98. The molecule has 0 unspecified atom stereocenters. The summed E-state index contributed by atoms with van der Waals surface area (Å²) in [5, 5.41) is 5.19. The molecule has 0 saturated heterocycles. The van der Waals surface area contributed by atoms with Crippen molar-refractivity contribution in [2.45, 2.75) is 12.1 Å². The number of para-hydroxylation sites is 1. The van der Waals surface area contributed by atoms with Crippen molar-refractivity contribution in [3.8, 4) is 0 Å². The van der Waals surface area contributed by atoms with Crippen LogP contribution in [0.1, 0.15) is 5.56 Å². The second kappa shape index (κ2) is 5.51. The number of nitrogens with one attached hydrogen (secondary N) is 1. The molecule has 4 heteroatoms. The van der Waals surface area contributed by atoms with E-state index in [0.717, 1.165) is 27.6 Å². The van der Waals surface area contributed by atoms with Gasteiger partial charge in [0, 0.05) is 11.1 Å². The van der Waals surface area contributed by atoms with Crippen LogP contribution in [-0.2, 0) is 0 Å². The molecule has 0 radical (unpaired) electrons. The average molecular weight is 281 g/mol. The Kier molecular flexibility index (Phi) is 3.56. The molecule has 20 heavy (non-hydrogen) atoms. The molecule has 0 saturated carbocycles. The van der Waals surface area contributed by atoms with Gasteiger partial charge >= 0.3 is 0 Å². The molecular weight excluding hydrogens is 266 g/mol. The number of hydrogen-bond acceptors (Lipinski definition) is 4. The number of fused-ring (bicyclic) bond motifs is 1. The molecule has 0 fully saturated rings. The van der Waals surface area contributed by atoms with Crippen LogP contribution in [0.25, 0.3) is 10.9 Å². The molecule has 0 atom stereocenters.